The number of ether oxygens (including phenoxy) is 1. The number of rotatable bonds is 3. The van der Waals surface area contributed by atoms with Crippen LogP contribution in [0.4, 0.5) is 4.79 Å². The number of benzene rings is 1. The van der Waals surface area contributed by atoms with E-state index in [4.69, 9.17) is 4.74 Å². The minimum absolute atomic E-state index is 0.0122. The summed E-state index contributed by atoms with van der Waals surface area (Å²) in [5.74, 6) is 0. The van der Waals surface area contributed by atoms with Gasteiger partial charge in [-0.05, 0) is 44.7 Å². The number of carbonyl (C=O) groups excluding carboxylic acids is 1. The summed E-state index contributed by atoms with van der Waals surface area (Å²) in [5.41, 5.74) is 1.24. The van der Waals surface area contributed by atoms with Gasteiger partial charge in [0.05, 0.1) is 6.04 Å². The van der Waals surface area contributed by atoms with Crippen molar-refractivity contribution < 1.29 is 9.53 Å². The molecule has 1 amide bonds. The van der Waals surface area contributed by atoms with E-state index in [1.165, 1.54) is 5.56 Å². The highest BCUT2D eigenvalue weighted by Gasteiger charge is 2.36. The third-order valence-corrected chi connectivity index (χ3v) is 3.79. The Labute approximate surface area is 113 Å². The van der Waals surface area contributed by atoms with Crippen molar-refractivity contribution in [2.75, 3.05) is 6.61 Å². The topological polar surface area (TPSA) is 29.5 Å². The van der Waals surface area contributed by atoms with E-state index in [9.17, 15) is 4.79 Å². The van der Waals surface area contributed by atoms with Crippen molar-refractivity contribution in [2.24, 2.45) is 0 Å². The quantitative estimate of drug-likeness (QED) is 0.783. The number of nitrogens with zero attached hydrogens (tertiary/aromatic N) is 1. The highest BCUT2D eigenvalue weighted by atomic mass is 32.2. The van der Waals surface area contributed by atoms with E-state index in [0.29, 0.717) is 6.61 Å². The molecular weight excluding hydrogens is 246 g/mol. The van der Waals surface area contributed by atoms with Crippen molar-refractivity contribution in [2.45, 2.75) is 38.0 Å². The average molecular weight is 265 g/mol. The molecule has 1 aliphatic heterocycles. The first-order valence-electron chi connectivity index (χ1n) is 6.15. The van der Waals surface area contributed by atoms with Crippen LogP contribution in [0.3, 0.4) is 0 Å². The van der Waals surface area contributed by atoms with Gasteiger partial charge in [-0.25, -0.2) is 9.10 Å². The summed E-state index contributed by atoms with van der Waals surface area (Å²) < 4.78 is 6.96. The van der Waals surface area contributed by atoms with Gasteiger partial charge in [0.25, 0.3) is 0 Å². The average Bonchev–Trinajstić information content (AvgIpc) is 2.61. The van der Waals surface area contributed by atoms with E-state index in [2.05, 4.69) is 32.9 Å². The lowest BCUT2D eigenvalue weighted by Gasteiger charge is -2.27. The van der Waals surface area contributed by atoms with Crippen LogP contribution in [0.1, 0.15) is 26.3 Å². The predicted octanol–water partition coefficient (Wildman–Crippen LogP) is 3.50. The molecule has 1 fully saturated rings. The van der Waals surface area contributed by atoms with E-state index in [-0.39, 0.29) is 16.9 Å². The van der Waals surface area contributed by atoms with Crippen LogP contribution in [0, 0.1) is 0 Å². The van der Waals surface area contributed by atoms with Gasteiger partial charge in [-0.3, -0.25) is 0 Å². The van der Waals surface area contributed by atoms with Crippen molar-refractivity contribution in [1.82, 2.24) is 4.31 Å². The van der Waals surface area contributed by atoms with Crippen molar-refractivity contribution >= 4 is 18.0 Å². The lowest BCUT2D eigenvalue weighted by atomic mass is 10.1. The summed E-state index contributed by atoms with van der Waals surface area (Å²) >= 11 is 1.56. The molecule has 0 unspecified atom stereocenters. The van der Waals surface area contributed by atoms with E-state index < -0.39 is 0 Å². The number of carbonyl (C=O) groups is 1. The number of hydrogen-bond donors (Lipinski definition) is 0. The Morgan fingerprint density at radius 1 is 1.33 bits per heavy atom. The van der Waals surface area contributed by atoms with Gasteiger partial charge in [0, 0.05) is 4.75 Å². The number of amides is 1. The molecule has 1 aliphatic rings. The van der Waals surface area contributed by atoms with E-state index in [0.717, 1.165) is 6.42 Å². The molecule has 98 valence electrons. The molecule has 1 heterocycles. The summed E-state index contributed by atoms with van der Waals surface area (Å²) in [4.78, 5) is 11.7. The molecule has 1 saturated heterocycles. The fourth-order valence-electron chi connectivity index (χ4n) is 1.88. The highest BCUT2D eigenvalue weighted by molar-refractivity contribution is 7.98. The van der Waals surface area contributed by atoms with Gasteiger partial charge >= 0.3 is 6.09 Å². The molecule has 18 heavy (non-hydrogen) atoms. The molecule has 1 aromatic rings. The van der Waals surface area contributed by atoms with Crippen LogP contribution >= 0.6 is 11.9 Å². The van der Waals surface area contributed by atoms with Gasteiger partial charge < -0.3 is 4.74 Å². The second kappa shape index (κ2) is 5.22. The molecule has 0 radical (unpaired) electrons. The molecule has 0 N–H and O–H groups in total. The van der Waals surface area contributed by atoms with Crippen molar-refractivity contribution in [3.63, 3.8) is 0 Å². The number of hydrogen-bond acceptors (Lipinski definition) is 3. The maximum atomic E-state index is 11.7. The second-order valence-corrected chi connectivity index (χ2v) is 7.25. The largest absolute Gasteiger partial charge is 0.447 e. The van der Waals surface area contributed by atoms with Crippen molar-refractivity contribution in [3.8, 4) is 0 Å². The lowest BCUT2D eigenvalue weighted by Crippen LogP contribution is -2.33. The molecule has 3 nitrogen and oxygen atoms in total. The zero-order chi connectivity index (χ0) is 13.2. The van der Waals surface area contributed by atoms with Gasteiger partial charge in [-0.1, -0.05) is 30.3 Å². The standard InChI is InChI=1S/C14H19NO2S/c1-14(2,3)18-15-12(10-17-13(15)16)9-11-7-5-4-6-8-11/h4-8,12H,9-10H2,1-3H3/t12-/m0/s1. The molecule has 1 aromatic carbocycles. The SMILES string of the molecule is CC(C)(C)SN1C(=O)OC[C@@H]1Cc1ccccc1. The van der Waals surface area contributed by atoms with Gasteiger partial charge in [0.2, 0.25) is 0 Å². The summed E-state index contributed by atoms with van der Waals surface area (Å²) in [7, 11) is 0. The van der Waals surface area contributed by atoms with Gasteiger partial charge in [-0.15, -0.1) is 0 Å². The summed E-state index contributed by atoms with van der Waals surface area (Å²) in [6.45, 7) is 6.78. The molecule has 0 bridgehead atoms. The Morgan fingerprint density at radius 3 is 2.61 bits per heavy atom. The normalized spacial score (nSPS) is 20.1. The second-order valence-electron chi connectivity index (χ2n) is 5.45. The lowest BCUT2D eigenvalue weighted by molar-refractivity contribution is 0.170. The summed E-state index contributed by atoms with van der Waals surface area (Å²) in [6, 6.07) is 10.3. The van der Waals surface area contributed by atoms with Crippen molar-refractivity contribution in [3.05, 3.63) is 35.9 Å². The summed E-state index contributed by atoms with van der Waals surface area (Å²) in [6.07, 6.45) is 0.631. The molecule has 0 spiro atoms. The number of cyclic esters (lactones) is 1. The fourth-order valence-corrected chi connectivity index (χ4v) is 2.88. The minimum Gasteiger partial charge on any atom is -0.447 e. The third-order valence-electron chi connectivity index (χ3n) is 2.60. The van der Waals surface area contributed by atoms with Crippen LogP contribution in [0.25, 0.3) is 0 Å². The zero-order valence-corrected chi connectivity index (χ0v) is 11.9. The van der Waals surface area contributed by atoms with Crippen LogP contribution in [0.2, 0.25) is 0 Å². The monoisotopic (exact) mass is 265 g/mol. The van der Waals surface area contributed by atoms with Crippen LogP contribution < -0.4 is 0 Å². The molecule has 0 aromatic heterocycles. The third kappa shape index (κ3) is 3.42. The van der Waals surface area contributed by atoms with E-state index in [1.54, 1.807) is 16.3 Å². The first-order valence-corrected chi connectivity index (χ1v) is 6.92. The Balaban J connectivity index is 2.05. The van der Waals surface area contributed by atoms with Gasteiger partial charge in [0.1, 0.15) is 6.61 Å². The maximum Gasteiger partial charge on any atom is 0.420 e. The molecule has 4 heteroatoms. The maximum absolute atomic E-state index is 11.7. The predicted molar refractivity (Wildman–Crippen MR) is 74.5 cm³/mol. The van der Waals surface area contributed by atoms with Gasteiger partial charge in [-0.2, -0.15) is 0 Å². The van der Waals surface area contributed by atoms with Crippen LogP contribution in [-0.4, -0.2) is 27.8 Å². The smallest absolute Gasteiger partial charge is 0.420 e. The Bertz CT molecular complexity index is 414. The first-order chi connectivity index (χ1) is 8.46. The van der Waals surface area contributed by atoms with Crippen LogP contribution in [0.15, 0.2) is 30.3 Å². The molecule has 0 saturated carbocycles. The molecule has 2 rings (SSSR count). The Kier molecular flexibility index (Phi) is 3.85. The van der Waals surface area contributed by atoms with Crippen LogP contribution in [0.5, 0.6) is 0 Å². The highest BCUT2D eigenvalue weighted by Crippen LogP contribution is 2.33. The first kappa shape index (κ1) is 13.3. The molecule has 1 atom stereocenters. The van der Waals surface area contributed by atoms with E-state index >= 15 is 0 Å². The molecule has 0 aliphatic carbocycles. The summed E-state index contributed by atoms with van der Waals surface area (Å²) in [5, 5.41) is 0. The fraction of sp³-hybridized carbons (Fsp3) is 0.500. The Morgan fingerprint density at radius 2 is 2.00 bits per heavy atom. The van der Waals surface area contributed by atoms with Crippen LogP contribution in [-0.2, 0) is 11.2 Å². The zero-order valence-electron chi connectivity index (χ0n) is 11.1. The minimum atomic E-state index is -0.212. The molecular formula is C14H19NO2S. The van der Waals surface area contributed by atoms with Crippen molar-refractivity contribution in [1.29, 1.82) is 0 Å². The van der Waals surface area contributed by atoms with E-state index in [1.807, 2.05) is 18.2 Å². The van der Waals surface area contributed by atoms with Gasteiger partial charge in [0.15, 0.2) is 0 Å². The Hall–Kier alpha value is -1.16.